The van der Waals surface area contributed by atoms with Gasteiger partial charge in [0.25, 0.3) is 0 Å². The van der Waals surface area contributed by atoms with Crippen LogP contribution in [0.4, 0.5) is 0 Å². The van der Waals surface area contributed by atoms with E-state index in [0.717, 1.165) is 5.92 Å². The molecule has 0 N–H and O–H groups in total. The van der Waals surface area contributed by atoms with Gasteiger partial charge in [0.15, 0.2) is 0 Å². The maximum absolute atomic E-state index is 2.38. The Hall–Kier alpha value is -0.260. The minimum Gasteiger partial charge on any atom is -0.0885 e. The second-order valence-electron chi connectivity index (χ2n) is 5.05. The van der Waals surface area contributed by atoms with Crippen LogP contribution in [-0.4, -0.2) is 0 Å². The molecule has 0 radical (unpaired) electrons. The van der Waals surface area contributed by atoms with E-state index < -0.39 is 0 Å². The van der Waals surface area contributed by atoms with Gasteiger partial charge in [-0.05, 0) is 37.0 Å². The molecule has 0 aromatic carbocycles. The molecule has 0 aliphatic heterocycles. The second kappa shape index (κ2) is 4.11. The Morgan fingerprint density at radius 2 is 1.83 bits per heavy atom. The summed E-state index contributed by atoms with van der Waals surface area (Å²) >= 11 is 0. The summed E-state index contributed by atoms with van der Waals surface area (Å²) in [7, 11) is 0. The van der Waals surface area contributed by atoms with Crippen LogP contribution in [0.3, 0.4) is 0 Å². The van der Waals surface area contributed by atoms with Crippen LogP contribution in [0, 0.1) is 11.3 Å². The minimum absolute atomic E-state index is 0.502. The number of allylic oxidation sites excluding steroid dienone is 2. The van der Waals surface area contributed by atoms with Crippen molar-refractivity contribution in [3.63, 3.8) is 0 Å². The van der Waals surface area contributed by atoms with Gasteiger partial charge in [-0.25, -0.2) is 0 Å². The molecule has 0 heteroatoms. The largest absolute Gasteiger partial charge is 0.0885 e. The Balaban J connectivity index is 2.51. The lowest BCUT2D eigenvalue weighted by molar-refractivity contribution is 0.220. The van der Waals surface area contributed by atoms with Gasteiger partial charge in [-0.15, -0.1) is 0 Å². The number of rotatable bonds is 0. The third-order valence-corrected chi connectivity index (χ3v) is 2.99. The van der Waals surface area contributed by atoms with Crippen molar-refractivity contribution in [3.05, 3.63) is 12.2 Å². The van der Waals surface area contributed by atoms with E-state index in [1.165, 1.54) is 32.1 Å². The highest BCUT2D eigenvalue weighted by atomic mass is 14.3. The first-order chi connectivity index (χ1) is 5.61. The summed E-state index contributed by atoms with van der Waals surface area (Å²) in [5.41, 5.74) is 0.502. The summed E-state index contributed by atoms with van der Waals surface area (Å²) in [6.45, 7) is 7.10. The van der Waals surface area contributed by atoms with Crippen molar-refractivity contribution in [2.75, 3.05) is 0 Å². The van der Waals surface area contributed by atoms with Crippen molar-refractivity contribution < 1.29 is 0 Å². The quantitative estimate of drug-likeness (QED) is 0.474. The summed E-state index contributed by atoms with van der Waals surface area (Å²) in [5.74, 6) is 0.897. The fourth-order valence-corrected chi connectivity index (χ4v) is 1.94. The van der Waals surface area contributed by atoms with Gasteiger partial charge in [0.1, 0.15) is 0 Å². The fraction of sp³-hybridized carbons (Fsp3) is 0.833. The normalized spacial score (nSPS) is 26.4. The van der Waals surface area contributed by atoms with Crippen molar-refractivity contribution in [1.29, 1.82) is 0 Å². The van der Waals surface area contributed by atoms with Gasteiger partial charge in [-0.2, -0.15) is 0 Å². The van der Waals surface area contributed by atoms with E-state index in [0.29, 0.717) is 5.41 Å². The Morgan fingerprint density at radius 1 is 1.08 bits per heavy atom. The van der Waals surface area contributed by atoms with Crippen molar-refractivity contribution in [1.82, 2.24) is 0 Å². The topological polar surface area (TPSA) is 0 Å². The molecule has 0 fully saturated rings. The average Bonchev–Trinajstić information content (AvgIpc) is 1.81. The van der Waals surface area contributed by atoms with Gasteiger partial charge in [0, 0.05) is 0 Å². The predicted molar refractivity (Wildman–Crippen MR) is 55.2 cm³/mol. The van der Waals surface area contributed by atoms with E-state index in [4.69, 9.17) is 0 Å². The summed E-state index contributed by atoms with van der Waals surface area (Å²) in [6, 6.07) is 0. The molecule has 1 aliphatic rings. The zero-order valence-electron chi connectivity index (χ0n) is 8.77. The molecule has 0 amide bonds. The van der Waals surface area contributed by atoms with Crippen LogP contribution >= 0.6 is 0 Å². The van der Waals surface area contributed by atoms with E-state index in [1.54, 1.807) is 0 Å². The SMILES string of the molecule is CC(C)(C)C1CC=CCCCC1. The molecule has 0 saturated carbocycles. The lowest BCUT2D eigenvalue weighted by Crippen LogP contribution is -2.20. The van der Waals surface area contributed by atoms with E-state index in [9.17, 15) is 0 Å². The van der Waals surface area contributed by atoms with Gasteiger partial charge < -0.3 is 0 Å². The maximum atomic E-state index is 2.38. The molecule has 0 spiro atoms. The van der Waals surface area contributed by atoms with Crippen LogP contribution in [0.15, 0.2) is 12.2 Å². The lowest BCUT2D eigenvalue weighted by Gasteiger charge is -2.30. The Kier molecular flexibility index (Phi) is 3.37. The summed E-state index contributed by atoms with van der Waals surface area (Å²) in [5, 5.41) is 0. The molecule has 1 atom stereocenters. The second-order valence-corrected chi connectivity index (χ2v) is 5.05. The lowest BCUT2D eigenvalue weighted by atomic mass is 9.75. The van der Waals surface area contributed by atoms with Gasteiger partial charge in [-0.1, -0.05) is 39.3 Å². The molecular formula is C12H22. The molecular weight excluding hydrogens is 144 g/mol. The molecule has 0 nitrogen and oxygen atoms in total. The highest BCUT2D eigenvalue weighted by Gasteiger charge is 2.23. The monoisotopic (exact) mass is 166 g/mol. The summed E-state index contributed by atoms with van der Waals surface area (Å²) in [4.78, 5) is 0. The zero-order chi connectivity index (χ0) is 9.03. The molecule has 0 saturated heterocycles. The Labute approximate surface area is 77.1 Å². The molecule has 1 rings (SSSR count). The van der Waals surface area contributed by atoms with E-state index in [1.807, 2.05) is 0 Å². The molecule has 0 aromatic rings. The van der Waals surface area contributed by atoms with Crippen LogP contribution in [0.5, 0.6) is 0 Å². The Morgan fingerprint density at radius 3 is 2.50 bits per heavy atom. The van der Waals surface area contributed by atoms with Gasteiger partial charge in [0.05, 0.1) is 0 Å². The zero-order valence-corrected chi connectivity index (χ0v) is 8.77. The number of hydrogen-bond acceptors (Lipinski definition) is 0. The smallest absolute Gasteiger partial charge is 0.0317 e. The van der Waals surface area contributed by atoms with Crippen molar-refractivity contribution in [3.8, 4) is 0 Å². The molecule has 12 heavy (non-hydrogen) atoms. The van der Waals surface area contributed by atoms with E-state index in [2.05, 4.69) is 32.9 Å². The minimum atomic E-state index is 0.502. The molecule has 1 unspecified atom stereocenters. The van der Waals surface area contributed by atoms with Gasteiger partial charge in [-0.3, -0.25) is 0 Å². The third kappa shape index (κ3) is 3.00. The third-order valence-electron chi connectivity index (χ3n) is 2.99. The van der Waals surface area contributed by atoms with Crippen LogP contribution in [0.25, 0.3) is 0 Å². The molecule has 0 aromatic heterocycles. The highest BCUT2D eigenvalue weighted by Crippen LogP contribution is 2.34. The van der Waals surface area contributed by atoms with Crippen LogP contribution < -0.4 is 0 Å². The first-order valence-electron chi connectivity index (χ1n) is 5.26. The summed E-state index contributed by atoms with van der Waals surface area (Å²) < 4.78 is 0. The van der Waals surface area contributed by atoms with E-state index >= 15 is 0 Å². The van der Waals surface area contributed by atoms with Crippen molar-refractivity contribution >= 4 is 0 Å². The fourth-order valence-electron chi connectivity index (χ4n) is 1.94. The predicted octanol–water partition coefficient (Wildman–Crippen LogP) is 4.17. The van der Waals surface area contributed by atoms with Gasteiger partial charge >= 0.3 is 0 Å². The van der Waals surface area contributed by atoms with Crippen LogP contribution in [-0.2, 0) is 0 Å². The van der Waals surface area contributed by atoms with Crippen LogP contribution in [0.2, 0.25) is 0 Å². The van der Waals surface area contributed by atoms with Crippen molar-refractivity contribution in [2.45, 2.75) is 52.9 Å². The molecule has 1 aliphatic carbocycles. The molecule has 0 bridgehead atoms. The number of hydrogen-bond donors (Lipinski definition) is 0. The molecule has 70 valence electrons. The highest BCUT2D eigenvalue weighted by molar-refractivity contribution is 4.89. The maximum Gasteiger partial charge on any atom is -0.0317 e. The first-order valence-corrected chi connectivity index (χ1v) is 5.26. The summed E-state index contributed by atoms with van der Waals surface area (Å²) in [6.07, 6.45) is 11.6. The standard InChI is InChI=1S/C12H22/c1-12(2,3)11-9-7-5-4-6-8-10-11/h5,7,11H,4,6,8-10H2,1-3H3. The van der Waals surface area contributed by atoms with Crippen molar-refractivity contribution in [2.24, 2.45) is 11.3 Å². The van der Waals surface area contributed by atoms with E-state index in [-0.39, 0.29) is 0 Å². The Bertz CT molecular complexity index is 148. The first kappa shape index (κ1) is 9.83. The van der Waals surface area contributed by atoms with Gasteiger partial charge in [0.2, 0.25) is 0 Å². The molecule has 0 heterocycles. The average molecular weight is 166 g/mol. The van der Waals surface area contributed by atoms with Crippen LogP contribution in [0.1, 0.15) is 52.9 Å².